The molecule has 2 atom stereocenters. The highest BCUT2D eigenvalue weighted by atomic mass is 19.1. The Bertz CT molecular complexity index is 356. The van der Waals surface area contributed by atoms with Gasteiger partial charge in [-0.2, -0.15) is 0 Å². The molecule has 82 valence electrons. The van der Waals surface area contributed by atoms with Crippen molar-refractivity contribution < 1.29 is 13.9 Å². The van der Waals surface area contributed by atoms with Crippen LogP contribution in [0.3, 0.4) is 0 Å². The van der Waals surface area contributed by atoms with Crippen LogP contribution in [0.4, 0.5) is 14.5 Å². The summed E-state index contributed by atoms with van der Waals surface area (Å²) in [5, 5.41) is 12.4. The molecule has 0 radical (unpaired) electrons. The fourth-order valence-electron chi connectivity index (χ4n) is 1.92. The molecule has 0 aromatic heterocycles. The standard InChI is InChI=1S/C11H13F2NO/c12-7-4-5-9(8(13)6-7)14-10-2-1-3-11(10)15/h4-6,10-11,14-15H,1-3H2. The lowest BCUT2D eigenvalue weighted by Crippen LogP contribution is -2.28. The summed E-state index contributed by atoms with van der Waals surface area (Å²) >= 11 is 0. The van der Waals surface area contributed by atoms with Crippen LogP contribution in [0.2, 0.25) is 0 Å². The first kappa shape index (κ1) is 10.4. The summed E-state index contributed by atoms with van der Waals surface area (Å²) < 4.78 is 25.9. The lowest BCUT2D eigenvalue weighted by Gasteiger charge is -2.18. The van der Waals surface area contributed by atoms with E-state index in [2.05, 4.69) is 5.32 Å². The molecule has 0 aliphatic heterocycles. The molecule has 0 saturated heterocycles. The van der Waals surface area contributed by atoms with Crippen LogP contribution in [0.1, 0.15) is 19.3 Å². The van der Waals surface area contributed by atoms with Gasteiger partial charge >= 0.3 is 0 Å². The van der Waals surface area contributed by atoms with Crippen LogP contribution in [-0.4, -0.2) is 17.3 Å². The van der Waals surface area contributed by atoms with Gasteiger partial charge < -0.3 is 10.4 Å². The monoisotopic (exact) mass is 213 g/mol. The zero-order valence-corrected chi connectivity index (χ0v) is 8.21. The summed E-state index contributed by atoms with van der Waals surface area (Å²) in [5.74, 6) is -1.21. The number of hydrogen-bond acceptors (Lipinski definition) is 2. The van der Waals surface area contributed by atoms with Crippen molar-refractivity contribution in [2.75, 3.05) is 5.32 Å². The quantitative estimate of drug-likeness (QED) is 0.790. The van der Waals surface area contributed by atoms with Crippen molar-refractivity contribution in [3.63, 3.8) is 0 Å². The Balaban J connectivity index is 2.10. The highest BCUT2D eigenvalue weighted by Crippen LogP contribution is 2.24. The molecule has 15 heavy (non-hydrogen) atoms. The van der Waals surface area contributed by atoms with Gasteiger partial charge in [0.25, 0.3) is 0 Å². The van der Waals surface area contributed by atoms with E-state index < -0.39 is 17.7 Å². The predicted octanol–water partition coefficient (Wildman–Crippen LogP) is 2.29. The first-order valence-corrected chi connectivity index (χ1v) is 5.06. The number of hydrogen-bond donors (Lipinski definition) is 2. The molecule has 2 nitrogen and oxygen atoms in total. The molecule has 0 heterocycles. The average molecular weight is 213 g/mol. The molecule has 4 heteroatoms. The van der Waals surface area contributed by atoms with Gasteiger partial charge in [0.2, 0.25) is 0 Å². The summed E-state index contributed by atoms with van der Waals surface area (Å²) in [6.45, 7) is 0. The Morgan fingerprint density at radius 3 is 2.67 bits per heavy atom. The van der Waals surface area contributed by atoms with Crippen LogP contribution in [0.5, 0.6) is 0 Å². The van der Waals surface area contributed by atoms with Gasteiger partial charge in [-0.15, -0.1) is 0 Å². The Kier molecular flexibility index (Phi) is 2.86. The fraction of sp³-hybridized carbons (Fsp3) is 0.455. The highest BCUT2D eigenvalue weighted by Gasteiger charge is 2.25. The maximum absolute atomic E-state index is 13.2. The number of aliphatic hydroxyl groups excluding tert-OH is 1. The number of rotatable bonds is 2. The van der Waals surface area contributed by atoms with E-state index in [0.29, 0.717) is 0 Å². The molecule has 1 aromatic rings. The zero-order valence-electron chi connectivity index (χ0n) is 8.21. The Morgan fingerprint density at radius 2 is 2.07 bits per heavy atom. The van der Waals surface area contributed by atoms with Gasteiger partial charge in [-0.1, -0.05) is 0 Å². The van der Waals surface area contributed by atoms with Crippen molar-refractivity contribution >= 4 is 5.69 Å². The van der Waals surface area contributed by atoms with Crippen LogP contribution in [-0.2, 0) is 0 Å². The Morgan fingerprint density at radius 1 is 1.27 bits per heavy atom. The van der Waals surface area contributed by atoms with Gasteiger partial charge in [0.15, 0.2) is 0 Å². The summed E-state index contributed by atoms with van der Waals surface area (Å²) in [6, 6.07) is 3.27. The van der Waals surface area contributed by atoms with Crippen LogP contribution in [0.15, 0.2) is 18.2 Å². The van der Waals surface area contributed by atoms with Crippen molar-refractivity contribution in [3.8, 4) is 0 Å². The molecule has 0 amide bonds. The minimum absolute atomic E-state index is 0.120. The van der Waals surface area contributed by atoms with E-state index in [1.54, 1.807) is 0 Å². The highest BCUT2D eigenvalue weighted by molar-refractivity contribution is 5.46. The second-order valence-corrected chi connectivity index (χ2v) is 3.87. The van der Waals surface area contributed by atoms with E-state index in [0.717, 1.165) is 25.3 Å². The minimum Gasteiger partial charge on any atom is -0.391 e. The molecule has 0 spiro atoms. The average Bonchev–Trinajstić information content (AvgIpc) is 2.57. The maximum Gasteiger partial charge on any atom is 0.149 e. The van der Waals surface area contributed by atoms with Crippen LogP contribution < -0.4 is 5.32 Å². The van der Waals surface area contributed by atoms with E-state index in [-0.39, 0.29) is 11.7 Å². The van der Waals surface area contributed by atoms with E-state index in [9.17, 15) is 13.9 Å². The van der Waals surface area contributed by atoms with Gasteiger partial charge in [0.1, 0.15) is 11.6 Å². The van der Waals surface area contributed by atoms with E-state index >= 15 is 0 Å². The van der Waals surface area contributed by atoms with E-state index in [1.165, 1.54) is 12.1 Å². The van der Waals surface area contributed by atoms with Gasteiger partial charge in [-0.05, 0) is 31.4 Å². The molecule has 2 unspecified atom stereocenters. The molecule has 1 aliphatic rings. The molecule has 1 aliphatic carbocycles. The minimum atomic E-state index is -0.617. The first-order valence-electron chi connectivity index (χ1n) is 5.06. The lowest BCUT2D eigenvalue weighted by atomic mass is 10.2. The lowest BCUT2D eigenvalue weighted by molar-refractivity contribution is 0.171. The summed E-state index contributed by atoms with van der Waals surface area (Å²) in [7, 11) is 0. The van der Waals surface area contributed by atoms with Gasteiger partial charge in [0.05, 0.1) is 17.8 Å². The molecule has 0 bridgehead atoms. The molecular weight excluding hydrogens is 200 g/mol. The van der Waals surface area contributed by atoms with Crippen molar-refractivity contribution in [1.29, 1.82) is 0 Å². The number of halogens is 2. The van der Waals surface area contributed by atoms with E-state index in [1.807, 2.05) is 0 Å². The normalized spacial score (nSPS) is 25.5. The molecular formula is C11H13F2NO. The molecule has 1 fully saturated rings. The maximum atomic E-state index is 13.2. The van der Waals surface area contributed by atoms with E-state index in [4.69, 9.17) is 0 Å². The molecule has 2 rings (SSSR count). The van der Waals surface area contributed by atoms with Gasteiger partial charge in [0, 0.05) is 6.07 Å². The van der Waals surface area contributed by atoms with Crippen molar-refractivity contribution in [2.45, 2.75) is 31.4 Å². The Labute approximate surface area is 86.9 Å². The second-order valence-electron chi connectivity index (χ2n) is 3.87. The summed E-state index contributed by atoms with van der Waals surface area (Å²) in [6.07, 6.45) is 2.05. The SMILES string of the molecule is OC1CCCC1Nc1ccc(F)cc1F. The van der Waals surface area contributed by atoms with Crippen LogP contribution >= 0.6 is 0 Å². The van der Waals surface area contributed by atoms with Gasteiger partial charge in [-0.25, -0.2) is 8.78 Å². The predicted molar refractivity (Wildman–Crippen MR) is 53.6 cm³/mol. The number of aliphatic hydroxyl groups is 1. The van der Waals surface area contributed by atoms with Crippen LogP contribution in [0, 0.1) is 11.6 Å². The third-order valence-corrected chi connectivity index (χ3v) is 2.75. The third kappa shape index (κ3) is 2.26. The zero-order chi connectivity index (χ0) is 10.8. The topological polar surface area (TPSA) is 32.3 Å². The van der Waals surface area contributed by atoms with Crippen LogP contribution in [0.25, 0.3) is 0 Å². The molecule has 2 N–H and O–H groups in total. The van der Waals surface area contributed by atoms with Crippen molar-refractivity contribution in [1.82, 2.24) is 0 Å². The fourth-order valence-corrected chi connectivity index (χ4v) is 1.92. The first-order chi connectivity index (χ1) is 7.16. The summed E-state index contributed by atoms with van der Waals surface area (Å²) in [5.41, 5.74) is 0.252. The second kappa shape index (κ2) is 4.14. The smallest absolute Gasteiger partial charge is 0.149 e. The third-order valence-electron chi connectivity index (χ3n) is 2.75. The number of nitrogens with one attached hydrogen (secondary N) is 1. The Hall–Kier alpha value is -1.16. The molecule has 1 saturated carbocycles. The van der Waals surface area contributed by atoms with Crippen molar-refractivity contribution in [3.05, 3.63) is 29.8 Å². The van der Waals surface area contributed by atoms with Gasteiger partial charge in [-0.3, -0.25) is 0 Å². The number of anilines is 1. The molecule has 1 aromatic carbocycles. The largest absolute Gasteiger partial charge is 0.391 e. The summed E-state index contributed by atoms with van der Waals surface area (Å²) in [4.78, 5) is 0. The van der Waals surface area contributed by atoms with Crippen molar-refractivity contribution in [2.24, 2.45) is 0 Å². The number of benzene rings is 1.